The molecule has 1 heterocycles. The smallest absolute Gasteiger partial charge is 0.263 e. The number of nitrogens with one attached hydrogen (secondary N) is 1. The number of nitrogens with zero attached hydrogens (tertiary/aromatic N) is 1. The minimum Gasteiger partial charge on any atom is -0.394 e. The van der Waals surface area contributed by atoms with Gasteiger partial charge in [-0.2, -0.15) is 0 Å². The van der Waals surface area contributed by atoms with Gasteiger partial charge in [-0.05, 0) is 24.1 Å². The number of thiazole rings is 1. The number of rotatable bonds is 5. The van der Waals surface area contributed by atoms with Crippen molar-refractivity contribution in [3.63, 3.8) is 0 Å². The number of aromatic nitrogens is 1. The van der Waals surface area contributed by atoms with Gasteiger partial charge in [-0.1, -0.05) is 6.92 Å². The Bertz CT molecular complexity index is 667. The first kappa shape index (κ1) is 16.4. The number of amides is 1. The van der Waals surface area contributed by atoms with Crippen molar-refractivity contribution >= 4 is 17.2 Å². The van der Waals surface area contributed by atoms with Crippen molar-refractivity contribution in [2.45, 2.75) is 19.4 Å². The number of aliphatic hydroxyl groups is 1. The topological polar surface area (TPSA) is 62.2 Å². The van der Waals surface area contributed by atoms with Crippen molar-refractivity contribution < 1.29 is 23.1 Å². The molecule has 2 N–H and O–H groups in total. The highest BCUT2D eigenvalue weighted by atomic mass is 32.1. The summed E-state index contributed by atoms with van der Waals surface area (Å²) in [4.78, 5) is 16.5. The van der Waals surface area contributed by atoms with E-state index in [4.69, 9.17) is 0 Å². The van der Waals surface area contributed by atoms with Gasteiger partial charge >= 0.3 is 0 Å². The second kappa shape index (κ2) is 6.89. The maximum atomic E-state index is 13.2. The zero-order chi connectivity index (χ0) is 16.3. The summed E-state index contributed by atoms with van der Waals surface area (Å²) in [5.74, 6) is -4.87. The van der Waals surface area contributed by atoms with E-state index in [1.54, 1.807) is 0 Å². The van der Waals surface area contributed by atoms with Crippen LogP contribution in [0.25, 0.3) is 0 Å². The number of halogens is 3. The predicted molar refractivity (Wildman–Crippen MR) is 75.1 cm³/mol. The molecule has 0 spiro atoms. The highest BCUT2D eigenvalue weighted by Gasteiger charge is 2.21. The minimum absolute atomic E-state index is 0.0604. The van der Waals surface area contributed by atoms with Crippen molar-refractivity contribution in [2.75, 3.05) is 6.61 Å². The van der Waals surface area contributed by atoms with Gasteiger partial charge in [-0.15, -0.1) is 11.3 Å². The molecular formula is C14H13F3N2O2S. The van der Waals surface area contributed by atoms with E-state index >= 15 is 0 Å². The van der Waals surface area contributed by atoms with Crippen LogP contribution in [0, 0.1) is 17.5 Å². The van der Waals surface area contributed by atoms with Crippen molar-refractivity contribution in [2.24, 2.45) is 0 Å². The lowest BCUT2D eigenvalue weighted by Crippen LogP contribution is -2.31. The summed E-state index contributed by atoms with van der Waals surface area (Å²) in [5, 5.41) is 11.8. The molecule has 1 aromatic carbocycles. The van der Waals surface area contributed by atoms with E-state index in [0.29, 0.717) is 17.0 Å². The molecule has 1 amide bonds. The molecular weight excluding hydrogens is 317 g/mol. The van der Waals surface area contributed by atoms with Crippen LogP contribution in [-0.4, -0.2) is 22.6 Å². The Hall–Kier alpha value is -1.93. The average Bonchev–Trinajstić information content (AvgIpc) is 2.98. The number of carbonyl (C=O) groups is 1. The monoisotopic (exact) mass is 330 g/mol. The van der Waals surface area contributed by atoms with Crippen molar-refractivity contribution in [1.29, 1.82) is 0 Å². The van der Waals surface area contributed by atoms with E-state index in [1.165, 1.54) is 5.51 Å². The predicted octanol–water partition coefficient (Wildman–Crippen LogP) is 2.59. The third-order valence-electron chi connectivity index (χ3n) is 3.08. The van der Waals surface area contributed by atoms with Gasteiger partial charge in [0.05, 0.1) is 23.9 Å². The summed E-state index contributed by atoms with van der Waals surface area (Å²) in [5.41, 5.74) is 2.05. The summed E-state index contributed by atoms with van der Waals surface area (Å²) in [6.45, 7) is 1.25. The lowest BCUT2D eigenvalue weighted by molar-refractivity contribution is 0.0919. The molecule has 0 radical (unpaired) electrons. The van der Waals surface area contributed by atoms with Crippen LogP contribution in [-0.2, 0) is 6.42 Å². The molecule has 4 nitrogen and oxygen atoms in total. The van der Waals surface area contributed by atoms with Crippen molar-refractivity contribution in [3.8, 4) is 0 Å². The van der Waals surface area contributed by atoms with E-state index in [0.717, 1.165) is 23.5 Å². The average molecular weight is 330 g/mol. The molecule has 1 unspecified atom stereocenters. The molecule has 22 heavy (non-hydrogen) atoms. The van der Waals surface area contributed by atoms with Gasteiger partial charge in [0.15, 0.2) is 17.5 Å². The van der Waals surface area contributed by atoms with Gasteiger partial charge < -0.3 is 10.4 Å². The third kappa shape index (κ3) is 3.28. The van der Waals surface area contributed by atoms with Crippen molar-refractivity contribution in [1.82, 2.24) is 10.3 Å². The Morgan fingerprint density at radius 1 is 1.36 bits per heavy atom. The van der Waals surface area contributed by atoms with Crippen LogP contribution in [0.3, 0.4) is 0 Å². The second-order valence-electron chi connectivity index (χ2n) is 4.49. The summed E-state index contributed by atoms with van der Waals surface area (Å²) >= 11 is 1.13. The quantitative estimate of drug-likeness (QED) is 0.829. The van der Waals surface area contributed by atoms with Crippen LogP contribution in [0.4, 0.5) is 13.2 Å². The molecule has 0 aliphatic rings. The largest absolute Gasteiger partial charge is 0.394 e. The van der Waals surface area contributed by atoms with Gasteiger partial charge in [0, 0.05) is 0 Å². The minimum atomic E-state index is -1.59. The first-order valence-electron chi connectivity index (χ1n) is 6.46. The Balaban J connectivity index is 2.24. The summed E-state index contributed by atoms with van der Waals surface area (Å²) in [7, 11) is 0. The van der Waals surface area contributed by atoms with Gasteiger partial charge in [0.1, 0.15) is 4.88 Å². The normalized spacial score (nSPS) is 12.2. The van der Waals surface area contributed by atoms with Crippen LogP contribution >= 0.6 is 11.3 Å². The van der Waals surface area contributed by atoms with Crippen LogP contribution < -0.4 is 5.32 Å². The lowest BCUT2D eigenvalue weighted by Gasteiger charge is -2.17. The third-order valence-corrected chi connectivity index (χ3v) is 3.95. The fourth-order valence-corrected chi connectivity index (χ4v) is 2.72. The van der Waals surface area contributed by atoms with E-state index < -0.39 is 36.0 Å². The molecule has 2 aromatic rings. The second-order valence-corrected chi connectivity index (χ2v) is 5.34. The highest BCUT2D eigenvalue weighted by molar-refractivity contribution is 7.11. The number of carbonyl (C=O) groups excluding carboxylic acids is 1. The Morgan fingerprint density at radius 3 is 2.55 bits per heavy atom. The Morgan fingerprint density at radius 2 is 2.00 bits per heavy atom. The number of hydrogen-bond donors (Lipinski definition) is 2. The fraction of sp³-hybridized carbons (Fsp3) is 0.286. The summed E-state index contributed by atoms with van der Waals surface area (Å²) in [6.07, 6.45) is 0.551. The molecule has 1 atom stereocenters. The van der Waals surface area contributed by atoms with Crippen LogP contribution in [0.2, 0.25) is 0 Å². The fourth-order valence-electron chi connectivity index (χ4n) is 1.94. The standard InChI is InChI=1S/C14H13F3N2O2S/c1-2-10-13(22-6-18-10)14(21)19-11(5-20)7-3-8(15)12(17)9(16)4-7/h3-4,6,11,20H,2,5H2,1H3,(H,19,21). The zero-order valence-corrected chi connectivity index (χ0v) is 12.4. The molecule has 2 rings (SSSR count). The Kier molecular flexibility index (Phi) is 5.15. The van der Waals surface area contributed by atoms with Gasteiger partial charge in [-0.3, -0.25) is 4.79 Å². The van der Waals surface area contributed by atoms with E-state index in [9.17, 15) is 23.1 Å². The first-order valence-corrected chi connectivity index (χ1v) is 7.34. The Labute approximate surface area is 128 Å². The molecule has 8 heteroatoms. The van der Waals surface area contributed by atoms with Gasteiger partial charge in [0.25, 0.3) is 5.91 Å². The van der Waals surface area contributed by atoms with Gasteiger partial charge in [-0.25, -0.2) is 18.2 Å². The molecule has 0 saturated carbocycles. The number of benzene rings is 1. The van der Waals surface area contributed by atoms with E-state index in [1.807, 2.05) is 6.92 Å². The lowest BCUT2D eigenvalue weighted by atomic mass is 10.1. The van der Waals surface area contributed by atoms with Crippen LogP contribution in [0.5, 0.6) is 0 Å². The van der Waals surface area contributed by atoms with Crippen molar-refractivity contribution in [3.05, 3.63) is 51.2 Å². The molecule has 0 aliphatic carbocycles. The molecule has 0 fully saturated rings. The SMILES string of the molecule is CCc1ncsc1C(=O)NC(CO)c1cc(F)c(F)c(F)c1. The van der Waals surface area contributed by atoms with Crippen LogP contribution in [0.1, 0.15) is 33.9 Å². The number of aryl methyl sites for hydroxylation is 1. The molecule has 118 valence electrons. The number of aliphatic hydroxyl groups excluding tert-OH is 1. The van der Waals surface area contributed by atoms with Crippen LogP contribution in [0.15, 0.2) is 17.6 Å². The first-order chi connectivity index (χ1) is 10.5. The van der Waals surface area contributed by atoms with E-state index in [2.05, 4.69) is 10.3 Å². The maximum Gasteiger partial charge on any atom is 0.263 e. The zero-order valence-electron chi connectivity index (χ0n) is 11.6. The molecule has 0 bridgehead atoms. The van der Waals surface area contributed by atoms with E-state index in [-0.39, 0.29) is 5.56 Å². The molecule has 0 aliphatic heterocycles. The molecule has 0 saturated heterocycles. The summed E-state index contributed by atoms with van der Waals surface area (Å²) in [6, 6.07) is 0.434. The molecule has 1 aromatic heterocycles. The van der Waals surface area contributed by atoms with Gasteiger partial charge in [0.2, 0.25) is 0 Å². The summed E-state index contributed by atoms with van der Waals surface area (Å²) < 4.78 is 39.5. The maximum absolute atomic E-state index is 13.2. The number of hydrogen-bond acceptors (Lipinski definition) is 4. The highest BCUT2D eigenvalue weighted by Crippen LogP contribution is 2.21.